The van der Waals surface area contributed by atoms with Gasteiger partial charge in [0.05, 0.1) is 0 Å². The molecular weight excluding hydrogens is 296 g/mol. The lowest BCUT2D eigenvalue weighted by Gasteiger charge is -2.09. The summed E-state index contributed by atoms with van der Waals surface area (Å²) in [4.78, 5) is 0. The summed E-state index contributed by atoms with van der Waals surface area (Å²) in [5.74, 6) is 1.94. The van der Waals surface area contributed by atoms with E-state index in [4.69, 9.17) is 9.47 Å². The molecule has 0 aromatic heterocycles. The molecule has 0 amide bonds. The standard InChI is InChI=1S/C18H14O5/c19-12-1-3-13(4-2-12)22-14-5-7-15(8-6-14)23-16-9-10-17(20)18(21)11-16/h1-11,19-21H. The highest BCUT2D eigenvalue weighted by atomic mass is 16.5. The maximum Gasteiger partial charge on any atom is 0.161 e. The Hall–Kier alpha value is -3.34. The van der Waals surface area contributed by atoms with Crippen LogP contribution in [-0.2, 0) is 0 Å². The first-order valence-corrected chi connectivity index (χ1v) is 6.87. The molecule has 3 aromatic rings. The van der Waals surface area contributed by atoms with Gasteiger partial charge in [-0.1, -0.05) is 0 Å². The monoisotopic (exact) mass is 310 g/mol. The minimum atomic E-state index is -0.241. The van der Waals surface area contributed by atoms with Crippen molar-refractivity contribution >= 4 is 0 Å². The van der Waals surface area contributed by atoms with Gasteiger partial charge in [-0.25, -0.2) is 0 Å². The van der Waals surface area contributed by atoms with E-state index in [0.29, 0.717) is 23.0 Å². The lowest BCUT2D eigenvalue weighted by molar-refractivity contribution is 0.397. The Morgan fingerprint density at radius 3 is 1.43 bits per heavy atom. The van der Waals surface area contributed by atoms with E-state index in [1.165, 1.54) is 12.1 Å². The number of rotatable bonds is 4. The Morgan fingerprint density at radius 1 is 0.478 bits per heavy atom. The summed E-state index contributed by atoms with van der Waals surface area (Å²) >= 11 is 0. The average Bonchev–Trinajstić information content (AvgIpc) is 2.55. The maximum atomic E-state index is 9.44. The third kappa shape index (κ3) is 3.65. The lowest BCUT2D eigenvalue weighted by atomic mass is 10.3. The van der Waals surface area contributed by atoms with Gasteiger partial charge in [0.1, 0.15) is 28.7 Å². The fourth-order valence-corrected chi connectivity index (χ4v) is 1.93. The number of phenols is 3. The molecule has 0 saturated heterocycles. The van der Waals surface area contributed by atoms with E-state index in [-0.39, 0.29) is 17.2 Å². The van der Waals surface area contributed by atoms with Crippen LogP contribution in [-0.4, -0.2) is 15.3 Å². The van der Waals surface area contributed by atoms with Crippen LogP contribution in [0, 0.1) is 0 Å². The molecule has 0 atom stereocenters. The number of aromatic hydroxyl groups is 3. The maximum absolute atomic E-state index is 9.44. The molecule has 0 radical (unpaired) electrons. The van der Waals surface area contributed by atoms with Gasteiger partial charge in [-0.3, -0.25) is 0 Å². The fraction of sp³-hybridized carbons (Fsp3) is 0. The third-order valence-corrected chi connectivity index (χ3v) is 3.08. The number of benzene rings is 3. The Bertz CT molecular complexity index is 795. The van der Waals surface area contributed by atoms with Gasteiger partial charge in [-0.05, 0) is 60.7 Å². The zero-order valence-corrected chi connectivity index (χ0v) is 12.0. The smallest absolute Gasteiger partial charge is 0.161 e. The molecule has 0 spiro atoms. The highest BCUT2D eigenvalue weighted by molar-refractivity contribution is 5.45. The zero-order chi connectivity index (χ0) is 16.2. The predicted octanol–water partition coefficient (Wildman–Crippen LogP) is 4.39. The summed E-state index contributed by atoms with van der Waals surface area (Å²) in [5, 5.41) is 27.9. The van der Waals surface area contributed by atoms with Crippen molar-refractivity contribution in [1.29, 1.82) is 0 Å². The summed E-state index contributed by atoms with van der Waals surface area (Å²) in [6, 6.07) is 17.6. The molecule has 0 aliphatic carbocycles. The number of ether oxygens (including phenoxy) is 2. The summed E-state index contributed by atoms with van der Waals surface area (Å²) in [7, 11) is 0. The molecular formula is C18H14O5. The zero-order valence-electron chi connectivity index (χ0n) is 12.0. The first-order chi connectivity index (χ1) is 11.1. The SMILES string of the molecule is Oc1ccc(Oc2ccc(Oc3ccc(O)c(O)c3)cc2)cc1. The molecule has 0 heterocycles. The van der Waals surface area contributed by atoms with Crippen LogP contribution in [0.3, 0.4) is 0 Å². The van der Waals surface area contributed by atoms with Crippen molar-refractivity contribution in [3.63, 3.8) is 0 Å². The Kier molecular flexibility index (Phi) is 3.93. The average molecular weight is 310 g/mol. The van der Waals surface area contributed by atoms with Crippen molar-refractivity contribution in [2.75, 3.05) is 0 Å². The molecule has 3 rings (SSSR count). The molecule has 0 aliphatic rings. The minimum absolute atomic E-state index is 0.179. The van der Waals surface area contributed by atoms with Crippen LogP contribution in [0.5, 0.6) is 40.2 Å². The molecule has 0 bridgehead atoms. The minimum Gasteiger partial charge on any atom is -0.508 e. The second-order valence-electron chi connectivity index (χ2n) is 4.82. The van der Waals surface area contributed by atoms with E-state index in [1.807, 2.05) is 0 Å². The normalized spacial score (nSPS) is 10.3. The molecule has 5 nitrogen and oxygen atoms in total. The number of hydrogen-bond donors (Lipinski definition) is 3. The van der Waals surface area contributed by atoms with Gasteiger partial charge >= 0.3 is 0 Å². The lowest BCUT2D eigenvalue weighted by Crippen LogP contribution is -1.86. The summed E-state index contributed by atoms with van der Waals surface area (Å²) in [6.45, 7) is 0. The van der Waals surface area contributed by atoms with Gasteiger partial charge in [0, 0.05) is 6.07 Å². The second kappa shape index (κ2) is 6.19. The second-order valence-corrected chi connectivity index (χ2v) is 4.82. The van der Waals surface area contributed by atoms with Crippen molar-refractivity contribution in [2.24, 2.45) is 0 Å². The topological polar surface area (TPSA) is 79.2 Å². The molecule has 5 heteroatoms. The Balaban J connectivity index is 1.69. The molecule has 0 aliphatic heterocycles. The third-order valence-electron chi connectivity index (χ3n) is 3.08. The summed E-state index contributed by atoms with van der Waals surface area (Å²) < 4.78 is 11.2. The molecule has 23 heavy (non-hydrogen) atoms. The van der Waals surface area contributed by atoms with E-state index < -0.39 is 0 Å². The van der Waals surface area contributed by atoms with Gasteiger partial charge in [-0.2, -0.15) is 0 Å². The highest BCUT2D eigenvalue weighted by Crippen LogP contribution is 2.32. The highest BCUT2D eigenvalue weighted by Gasteiger charge is 2.04. The number of phenolic OH excluding ortho intramolecular Hbond substituents is 3. The van der Waals surface area contributed by atoms with Crippen molar-refractivity contribution in [3.05, 3.63) is 66.7 Å². The van der Waals surface area contributed by atoms with Crippen LogP contribution in [0.25, 0.3) is 0 Å². The van der Waals surface area contributed by atoms with Gasteiger partial charge in [0.25, 0.3) is 0 Å². The first kappa shape index (κ1) is 14.6. The Labute approximate surface area is 132 Å². The van der Waals surface area contributed by atoms with E-state index in [2.05, 4.69) is 0 Å². The first-order valence-electron chi connectivity index (χ1n) is 6.87. The molecule has 116 valence electrons. The van der Waals surface area contributed by atoms with E-state index in [0.717, 1.165) is 0 Å². The molecule has 0 saturated carbocycles. The van der Waals surface area contributed by atoms with E-state index in [9.17, 15) is 15.3 Å². The fourth-order valence-electron chi connectivity index (χ4n) is 1.93. The van der Waals surface area contributed by atoms with Gasteiger partial charge in [-0.15, -0.1) is 0 Å². The molecule has 3 aromatic carbocycles. The van der Waals surface area contributed by atoms with Crippen LogP contribution in [0.1, 0.15) is 0 Å². The van der Waals surface area contributed by atoms with Crippen molar-refractivity contribution in [3.8, 4) is 40.2 Å². The van der Waals surface area contributed by atoms with Gasteiger partial charge in [0.15, 0.2) is 11.5 Å². The molecule has 3 N–H and O–H groups in total. The van der Waals surface area contributed by atoms with Gasteiger partial charge in [0.2, 0.25) is 0 Å². The van der Waals surface area contributed by atoms with E-state index in [1.54, 1.807) is 54.6 Å². The number of hydrogen-bond acceptors (Lipinski definition) is 5. The van der Waals surface area contributed by atoms with E-state index >= 15 is 0 Å². The largest absolute Gasteiger partial charge is 0.508 e. The molecule has 0 unspecified atom stereocenters. The van der Waals surface area contributed by atoms with Crippen LogP contribution in [0.15, 0.2) is 66.7 Å². The van der Waals surface area contributed by atoms with Crippen molar-refractivity contribution < 1.29 is 24.8 Å². The summed E-state index contributed by atoms with van der Waals surface area (Å²) in [6.07, 6.45) is 0. The van der Waals surface area contributed by atoms with Crippen molar-refractivity contribution in [1.82, 2.24) is 0 Å². The Morgan fingerprint density at radius 2 is 0.913 bits per heavy atom. The van der Waals surface area contributed by atoms with Crippen LogP contribution in [0.4, 0.5) is 0 Å². The van der Waals surface area contributed by atoms with Crippen LogP contribution >= 0.6 is 0 Å². The predicted molar refractivity (Wildman–Crippen MR) is 84.5 cm³/mol. The van der Waals surface area contributed by atoms with Crippen LogP contribution < -0.4 is 9.47 Å². The van der Waals surface area contributed by atoms with Crippen molar-refractivity contribution in [2.45, 2.75) is 0 Å². The van der Waals surface area contributed by atoms with Crippen LogP contribution in [0.2, 0.25) is 0 Å². The quantitative estimate of drug-likeness (QED) is 0.623. The molecule has 0 fully saturated rings. The van der Waals surface area contributed by atoms with Gasteiger partial charge < -0.3 is 24.8 Å². The summed E-state index contributed by atoms with van der Waals surface area (Å²) in [5.41, 5.74) is 0.